The van der Waals surface area contributed by atoms with Crippen LogP contribution in [0.2, 0.25) is 0 Å². The first kappa shape index (κ1) is 12.9. The summed E-state index contributed by atoms with van der Waals surface area (Å²) in [5.41, 5.74) is 1.71. The van der Waals surface area contributed by atoms with Crippen LogP contribution in [0.15, 0.2) is 59.5 Å². The Kier molecular flexibility index (Phi) is 3.78. The SMILES string of the molecule is O=C(CSc1ccccc1)Cn1nnc2ccccc21. The van der Waals surface area contributed by atoms with Gasteiger partial charge in [0, 0.05) is 4.90 Å². The maximum atomic E-state index is 12.0. The molecular formula is C15H13N3OS. The molecule has 20 heavy (non-hydrogen) atoms. The van der Waals surface area contributed by atoms with E-state index >= 15 is 0 Å². The Labute approximate surface area is 120 Å². The monoisotopic (exact) mass is 283 g/mol. The number of ketones is 1. The zero-order valence-electron chi connectivity index (χ0n) is 10.8. The normalized spacial score (nSPS) is 10.8. The number of aromatic nitrogens is 3. The van der Waals surface area contributed by atoms with Crippen LogP contribution in [0.4, 0.5) is 0 Å². The highest BCUT2D eigenvalue weighted by Crippen LogP contribution is 2.17. The van der Waals surface area contributed by atoms with Gasteiger partial charge in [0.15, 0.2) is 5.78 Å². The molecule has 0 bridgehead atoms. The van der Waals surface area contributed by atoms with Crippen LogP contribution in [0.3, 0.4) is 0 Å². The average Bonchev–Trinajstić information content (AvgIpc) is 2.90. The molecule has 3 rings (SSSR count). The van der Waals surface area contributed by atoms with E-state index in [9.17, 15) is 4.79 Å². The van der Waals surface area contributed by atoms with E-state index in [2.05, 4.69) is 10.3 Å². The molecule has 0 radical (unpaired) electrons. The number of hydrogen-bond donors (Lipinski definition) is 0. The lowest BCUT2D eigenvalue weighted by atomic mass is 10.3. The molecule has 100 valence electrons. The van der Waals surface area contributed by atoms with Gasteiger partial charge >= 0.3 is 0 Å². The zero-order valence-corrected chi connectivity index (χ0v) is 11.6. The second-order valence-corrected chi connectivity index (χ2v) is 5.42. The maximum absolute atomic E-state index is 12.0. The van der Waals surface area contributed by atoms with Crippen LogP contribution in [0, 0.1) is 0 Å². The molecule has 0 spiro atoms. The van der Waals surface area contributed by atoms with Gasteiger partial charge in [-0.25, -0.2) is 4.68 Å². The van der Waals surface area contributed by atoms with Gasteiger partial charge in [-0.05, 0) is 24.3 Å². The van der Waals surface area contributed by atoms with Gasteiger partial charge in [0.1, 0.15) is 12.1 Å². The smallest absolute Gasteiger partial charge is 0.164 e. The fourth-order valence-corrected chi connectivity index (χ4v) is 2.70. The average molecular weight is 283 g/mol. The molecule has 4 nitrogen and oxygen atoms in total. The van der Waals surface area contributed by atoms with E-state index in [4.69, 9.17) is 0 Å². The molecule has 0 saturated heterocycles. The van der Waals surface area contributed by atoms with Crippen molar-refractivity contribution in [1.82, 2.24) is 15.0 Å². The third kappa shape index (κ3) is 2.88. The van der Waals surface area contributed by atoms with Gasteiger partial charge in [0.2, 0.25) is 0 Å². The minimum absolute atomic E-state index is 0.134. The zero-order chi connectivity index (χ0) is 13.8. The summed E-state index contributed by atoms with van der Waals surface area (Å²) in [5, 5.41) is 8.07. The van der Waals surface area contributed by atoms with E-state index in [1.54, 1.807) is 16.4 Å². The van der Waals surface area contributed by atoms with Crippen LogP contribution in [0.1, 0.15) is 0 Å². The summed E-state index contributed by atoms with van der Waals surface area (Å²) in [4.78, 5) is 13.1. The van der Waals surface area contributed by atoms with Crippen molar-refractivity contribution in [3.63, 3.8) is 0 Å². The molecular weight excluding hydrogens is 270 g/mol. The lowest BCUT2D eigenvalue weighted by Crippen LogP contribution is -2.13. The number of fused-ring (bicyclic) bond motifs is 1. The molecule has 0 unspecified atom stereocenters. The lowest BCUT2D eigenvalue weighted by molar-refractivity contribution is -0.117. The van der Waals surface area contributed by atoms with Gasteiger partial charge in [0.25, 0.3) is 0 Å². The molecule has 1 heterocycles. The first-order valence-electron chi connectivity index (χ1n) is 6.31. The Morgan fingerprint density at radius 1 is 1.05 bits per heavy atom. The highest BCUT2D eigenvalue weighted by molar-refractivity contribution is 8.00. The standard InChI is InChI=1S/C15H13N3OS/c19-12(11-20-13-6-2-1-3-7-13)10-18-15-9-5-4-8-14(15)16-17-18/h1-9H,10-11H2. The van der Waals surface area contributed by atoms with Crippen molar-refractivity contribution < 1.29 is 4.79 Å². The van der Waals surface area contributed by atoms with Gasteiger partial charge in [0.05, 0.1) is 11.3 Å². The van der Waals surface area contributed by atoms with Gasteiger partial charge in [-0.3, -0.25) is 4.79 Å². The number of para-hydroxylation sites is 1. The van der Waals surface area contributed by atoms with Crippen LogP contribution in [-0.4, -0.2) is 26.5 Å². The minimum atomic E-state index is 0.134. The number of rotatable bonds is 5. The van der Waals surface area contributed by atoms with E-state index in [0.29, 0.717) is 5.75 Å². The number of Topliss-reactive ketones (excluding diaryl/α,β-unsaturated/α-hetero) is 1. The van der Waals surface area contributed by atoms with Gasteiger partial charge < -0.3 is 0 Å². The predicted molar refractivity (Wildman–Crippen MR) is 79.7 cm³/mol. The molecule has 0 amide bonds. The summed E-state index contributed by atoms with van der Waals surface area (Å²) in [6.07, 6.45) is 0. The molecule has 0 saturated carbocycles. The number of thioether (sulfide) groups is 1. The van der Waals surface area contributed by atoms with E-state index in [-0.39, 0.29) is 12.3 Å². The van der Waals surface area contributed by atoms with E-state index in [1.165, 1.54) is 0 Å². The Bertz CT molecular complexity index is 724. The van der Waals surface area contributed by atoms with Crippen molar-refractivity contribution in [3.05, 3.63) is 54.6 Å². The Morgan fingerprint density at radius 3 is 2.65 bits per heavy atom. The molecule has 0 fully saturated rings. The molecule has 0 N–H and O–H groups in total. The molecule has 0 atom stereocenters. The highest BCUT2D eigenvalue weighted by Gasteiger charge is 2.08. The van der Waals surface area contributed by atoms with E-state index < -0.39 is 0 Å². The number of benzene rings is 2. The quantitative estimate of drug-likeness (QED) is 0.676. The molecule has 3 aromatic rings. The van der Waals surface area contributed by atoms with Crippen LogP contribution in [0.5, 0.6) is 0 Å². The van der Waals surface area contributed by atoms with Crippen molar-refractivity contribution in [2.24, 2.45) is 0 Å². The van der Waals surface area contributed by atoms with E-state index in [1.807, 2.05) is 54.6 Å². The fraction of sp³-hybridized carbons (Fsp3) is 0.133. The predicted octanol–water partition coefficient (Wildman–Crippen LogP) is 2.79. The number of hydrogen-bond acceptors (Lipinski definition) is 4. The molecule has 0 aliphatic carbocycles. The van der Waals surface area contributed by atoms with Gasteiger partial charge in [-0.1, -0.05) is 35.5 Å². The summed E-state index contributed by atoms with van der Waals surface area (Å²) < 4.78 is 1.66. The van der Waals surface area contributed by atoms with Crippen molar-refractivity contribution >= 4 is 28.6 Å². The molecule has 1 aromatic heterocycles. The second kappa shape index (κ2) is 5.88. The van der Waals surface area contributed by atoms with Crippen molar-refractivity contribution in [3.8, 4) is 0 Å². The molecule has 5 heteroatoms. The van der Waals surface area contributed by atoms with E-state index in [0.717, 1.165) is 15.9 Å². The fourth-order valence-electron chi connectivity index (χ4n) is 1.93. The van der Waals surface area contributed by atoms with Crippen molar-refractivity contribution in [2.75, 3.05) is 5.75 Å². The largest absolute Gasteiger partial charge is 0.297 e. The number of carbonyl (C=O) groups excluding carboxylic acids is 1. The van der Waals surface area contributed by atoms with Gasteiger partial charge in [-0.15, -0.1) is 16.9 Å². The molecule has 2 aromatic carbocycles. The topological polar surface area (TPSA) is 47.8 Å². The first-order chi connectivity index (χ1) is 9.83. The van der Waals surface area contributed by atoms with Crippen LogP contribution < -0.4 is 0 Å². The second-order valence-electron chi connectivity index (χ2n) is 4.38. The highest BCUT2D eigenvalue weighted by atomic mass is 32.2. The van der Waals surface area contributed by atoms with Crippen molar-refractivity contribution in [1.29, 1.82) is 0 Å². The summed E-state index contributed by atoms with van der Waals surface area (Å²) in [7, 11) is 0. The van der Waals surface area contributed by atoms with Crippen LogP contribution in [0.25, 0.3) is 11.0 Å². The molecule has 0 aliphatic heterocycles. The van der Waals surface area contributed by atoms with Crippen LogP contribution >= 0.6 is 11.8 Å². The number of carbonyl (C=O) groups is 1. The third-order valence-corrected chi connectivity index (χ3v) is 3.96. The molecule has 0 aliphatic rings. The Hall–Kier alpha value is -2.14. The van der Waals surface area contributed by atoms with Crippen molar-refractivity contribution in [2.45, 2.75) is 11.4 Å². The van der Waals surface area contributed by atoms with Gasteiger partial charge in [-0.2, -0.15) is 0 Å². The van der Waals surface area contributed by atoms with Crippen LogP contribution in [-0.2, 0) is 11.3 Å². The number of nitrogens with zero attached hydrogens (tertiary/aromatic N) is 3. The lowest BCUT2D eigenvalue weighted by Gasteiger charge is -2.02. The summed E-state index contributed by atoms with van der Waals surface area (Å²) in [6, 6.07) is 17.6. The summed E-state index contributed by atoms with van der Waals surface area (Å²) in [6.45, 7) is 0.264. The third-order valence-electron chi connectivity index (χ3n) is 2.89. The summed E-state index contributed by atoms with van der Waals surface area (Å²) in [5.74, 6) is 0.576. The summed E-state index contributed by atoms with van der Waals surface area (Å²) >= 11 is 1.54. The minimum Gasteiger partial charge on any atom is -0.297 e. The maximum Gasteiger partial charge on any atom is 0.164 e. The Morgan fingerprint density at radius 2 is 1.80 bits per heavy atom. The first-order valence-corrected chi connectivity index (χ1v) is 7.29. The Balaban J connectivity index is 1.64.